The quantitative estimate of drug-likeness (QED) is 0.340. The Hall–Kier alpha value is -4.20. The number of carboxylic acids is 1. The van der Waals surface area contributed by atoms with E-state index in [1.165, 1.54) is 19.1 Å². The average Bonchev–Trinajstić information content (AvgIpc) is 3.34. The van der Waals surface area contributed by atoms with Gasteiger partial charge in [0.05, 0.1) is 24.1 Å². The summed E-state index contributed by atoms with van der Waals surface area (Å²) in [6.45, 7) is 2.35. The lowest BCUT2D eigenvalue weighted by Gasteiger charge is -2.24. The molecule has 0 aliphatic carbocycles. The molecule has 37 heavy (non-hydrogen) atoms. The number of aliphatic carboxylic acids is 1. The lowest BCUT2D eigenvalue weighted by molar-refractivity contribution is -0.146. The summed E-state index contributed by atoms with van der Waals surface area (Å²) in [4.78, 5) is 20.0. The van der Waals surface area contributed by atoms with Crippen LogP contribution in [0, 0.1) is 18.8 Å². The molecule has 1 atom stereocenters. The molecule has 0 bridgehead atoms. The van der Waals surface area contributed by atoms with E-state index in [1.54, 1.807) is 30.7 Å². The topological polar surface area (TPSA) is 99.8 Å². The number of benzene rings is 2. The second-order valence-corrected chi connectivity index (χ2v) is 8.72. The molecule has 0 radical (unpaired) electrons. The summed E-state index contributed by atoms with van der Waals surface area (Å²) < 4.78 is 42.9. The molecule has 10 heteroatoms. The Morgan fingerprint density at radius 1 is 1.14 bits per heavy atom. The summed E-state index contributed by atoms with van der Waals surface area (Å²) in [6.07, 6.45) is 2.27. The van der Waals surface area contributed by atoms with E-state index in [2.05, 4.69) is 27.1 Å². The van der Waals surface area contributed by atoms with Crippen LogP contribution >= 0.6 is 0 Å². The Labute approximate surface area is 210 Å². The number of imidazole rings is 1. The Morgan fingerprint density at radius 3 is 2.59 bits per heavy atom. The first kappa shape index (κ1) is 25.9. The molecular weight excluding hydrogens is 485 g/mol. The van der Waals surface area contributed by atoms with Gasteiger partial charge < -0.3 is 14.6 Å². The van der Waals surface area contributed by atoms with E-state index in [-0.39, 0.29) is 12.1 Å². The van der Waals surface area contributed by atoms with Crippen LogP contribution in [0.1, 0.15) is 34.7 Å². The standard InChI is InChI=1S/C27H23F3N4O3/c1-17-19(4-3-5-21(17)23-15-34-11-10-31-24(34)14-32-23)7-8-20-12-18(6-9-22(20)27(28,29)30)13-33-26(2,16-35)25(36)37/h3-6,9-12,14-15,33,35H,13,16H2,1-2H3,(H,36,37)/t26-/m0/s1. The molecule has 0 amide bonds. The van der Waals surface area contributed by atoms with Gasteiger partial charge in [0.1, 0.15) is 5.54 Å². The highest BCUT2D eigenvalue weighted by Gasteiger charge is 2.34. The highest BCUT2D eigenvalue weighted by Crippen LogP contribution is 2.32. The highest BCUT2D eigenvalue weighted by molar-refractivity contribution is 5.78. The number of carbonyl (C=O) groups is 1. The zero-order valence-electron chi connectivity index (χ0n) is 20.0. The van der Waals surface area contributed by atoms with Gasteiger partial charge in [0.25, 0.3) is 0 Å². The molecule has 7 nitrogen and oxygen atoms in total. The summed E-state index contributed by atoms with van der Waals surface area (Å²) in [5, 5.41) is 21.4. The molecule has 0 saturated heterocycles. The van der Waals surface area contributed by atoms with Crippen molar-refractivity contribution in [2.45, 2.75) is 32.1 Å². The number of nitrogens with one attached hydrogen (secondary N) is 1. The average molecular weight is 509 g/mol. The second-order valence-electron chi connectivity index (χ2n) is 8.72. The number of aromatic nitrogens is 3. The van der Waals surface area contributed by atoms with Crippen molar-refractivity contribution in [3.8, 4) is 23.1 Å². The van der Waals surface area contributed by atoms with Gasteiger partial charge in [0.2, 0.25) is 0 Å². The number of fused-ring (bicyclic) bond motifs is 1. The number of aliphatic hydroxyl groups excluding tert-OH is 1. The third-order valence-corrected chi connectivity index (χ3v) is 6.08. The summed E-state index contributed by atoms with van der Waals surface area (Å²) >= 11 is 0. The number of aliphatic hydroxyl groups is 1. The van der Waals surface area contributed by atoms with Crippen LogP contribution in [0.3, 0.4) is 0 Å². The van der Waals surface area contributed by atoms with Crippen molar-refractivity contribution in [3.05, 3.63) is 89.0 Å². The third kappa shape index (κ3) is 5.48. The lowest BCUT2D eigenvalue weighted by atomic mass is 9.98. The second kappa shape index (κ2) is 10.0. The van der Waals surface area contributed by atoms with Crippen LogP contribution < -0.4 is 5.32 Å². The minimum atomic E-state index is -4.63. The maximum Gasteiger partial charge on any atom is 0.417 e. The Bertz CT molecular complexity index is 1540. The van der Waals surface area contributed by atoms with Crippen molar-refractivity contribution >= 4 is 11.6 Å². The van der Waals surface area contributed by atoms with Gasteiger partial charge in [-0.1, -0.05) is 30.0 Å². The maximum atomic E-state index is 13.7. The first-order valence-electron chi connectivity index (χ1n) is 11.2. The number of halogens is 3. The summed E-state index contributed by atoms with van der Waals surface area (Å²) in [7, 11) is 0. The molecule has 2 aromatic carbocycles. The number of hydrogen-bond donors (Lipinski definition) is 3. The monoisotopic (exact) mass is 508 g/mol. The van der Waals surface area contributed by atoms with Gasteiger partial charge in [-0.2, -0.15) is 13.2 Å². The molecule has 0 aliphatic heterocycles. The number of nitrogens with zero attached hydrogens (tertiary/aromatic N) is 3. The summed E-state index contributed by atoms with van der Waals surface area (Å²) in [6, 6.07) is 8.80. The predicted octanol–water partition coefficient (Wildman–Crippen LogP) is 4.05. The molecule has 2 aromatic heterocycles. The van der Waals surface area contributed by atoms with E-state index in [9.17, 15) is 28.2 Å². The van der Waals surface area contributed by atoms with Crippen molar-refractivity contribution in [3.63, 3.8) is 0 Å². The van der Waals surface area contributed by atoms with Crippen LogP contribution in [-0.4, -0.2) is 42.7 Å². The van der Waals surface area contributed by atoms with Crippen molar-refractivity contribution in [1.29, 1.82) is 0 Å². The van der Waals surface area contributed by atoms with Crippen LogP contribution in [0.5, 0.6) is 0 Å². The van der Waals surface area contributed by atoms with Gasteiger partial charge in [-0.15, -0.1) is 0 Å². The molecule has 0 unspecified atom stereocenters. The SMILES string of the molecule is Cc1c(C#Cc2cc(CN[C@@](C)(CO)C(=O)O)ccc2C(F)(F)F)cccc1-c1cn2ccnc2cn1. The summed E-state index contributed by atoms with van der Waals surface area (Å²) in [5.41, 5.74) is 1.06. The van der Waals surface area contributed by atoms with Crippen molar-refractivity contribution < 1.29 is 28.2 Å². The molecule has 4 rings (SSSR count). The van der Waals surface area contributed by atoms with Gasteiger partial charge in [0, 0.05) is 41.8 Å². The fourth-order valence-corrected chi connectivity index (χ4v) is 3.70. The zero-order valence-corrected chi connectivity index (χ0v) is 20.0. The van der Waals surface area contributed by atoms with E-state index >= 15 is 0 Å². The number of hydrogen-bond acceptors (Lipinski definition) is 5. The first-order valence-corrected chi connectivity index (χ1v) is 11.2. The zero-order chi connectivity index (χ0) is 26.8. The fourth-order valence-electron chi connectivity index (χ4n) is 3.70. The van der Waals surface area contributed by atoms with Gasteiger partial charge in [0.15, 0.2) is 5.65 Å². The minimum absolute atomic E-state index is 0.0763. The molecule has 0 saturated carbocycles. The summed E-state index contributed by atoms with van der Waals surface area (Å²) in [5.74, 6) is 4.24. The van der Waals surface area contributed by atoms with Crippen molar-refractivity contribution in [2.24, 2.45) is 0 Å². The molecular formula is C27H23F3N4O3. The number of alkyl halides is 3. The van der Waals surface area contributed by atoms with Gasteiger partial charge in [-0.3, -0.25) is 15.1 Å². The Balaban J connectivity index is 1.70. The molecule has 4 aromatic rings. The van der Waals surface area contributed by atoms with E-state index in [0.717, 1.165) is 17.2 Å². The van der Waals surface area contributed by atoms with Crippen LogP contribution in [0.4, 0.5) is 13.2 Å². The first-order chi connectivity index (χ1) is 17.5. The van der Waals surface area contributed by atoms with E-state index in [0.29, 0.717) is 22.5 Å². The maximum absolute atomic E-state index is 13.7. The van der Waals surface area contributed by atoms with Gasteiger partial charge >= 0.3 is 12.1 Å². The number of carboxylic acid groups (broad SMARTS) is 1. The number of rotatable bonds is 6. The van der Waals surface area contributed by atoms with Gasteiger partial charge in [-0.05, 0) is 43.2 Å². The smallest absolute Gasteiger partial charge is 0.417 e. The lowest BCUT2D eigenvalue weighted by Crippen LogP contribution is -2.52. The Kier molecular flexibility index (Phi) is 7.03. The largest absolute Gasteiger partial charge is 0.480 e. The van der Waals surface area contributed by atoms with Crippen LogP contribution in [-0.2, 0) is 17.5 Å². The van der Waals surface area contributed by atoms with Gasteiger partial charge in [-0.25, -0.2) is 4.98 Å². The van der Waals surface area contributed by atoms with Crippen LogP contribution in [0.2, 0.25) is 0 Å². The predicted molar refractivity (Wildman–Crippen MR) is 131 cm³/mol. The van der Waals surface area contributed by atoms with E-state index in [4.69, 9.17) is 0 Å². The fraction of sp³-hybridized carbons (Fsp3) is 0.222. The third-order valence-electron chi connectivity index (χ3n) is 6.08. The molecule has 2 heterocycles. The van der Waals surface area contributed by atoms with Crippen molar-refractivity contribution in [1.82, 2.24) is 19.7 Å². The van der Waals surface area contributed by atoms with E-state index in [1.807, 2.05) is 23.6 Å². The molecule has 0 fully saturated rings. The van der Waals surface area contributed by atoms with E-state index < -0.39 is 29.9 Å². The molecule has 3 N–H and O–H groups in total. The highest BCUT2D eigenvalue weighted by atomic mass is 19.4. The van der Waals surface area contributed by atoms with Crippen LogP contribution in [0.25, 0.3) is 16.9 Å². The molecule has 0 spiro atoms. The Morgan fingerprint density at radius 2 is 1.89 bits per heavy atom. The molecule has 0 aliphatic rings. The normalized spacial score (nSPS) is 13.1. The van der Waals surface area contributed by atoms with Crippen LogP contribution in [0.15, 0.2) is 61.2 Å². The van der Waals surface area contributed by atoms with Crippen molar-refractivity contribution in [2.75, 3.05) is 6.61 Å². The molecule has 190 valence electrons. The minimum Gasteiger partial charge on any atom is -0.480 e.